The number of pyridine rings is 1. The molecule has 0 amide bonds. The molecular weight excluding hydrogens is 234 g/mol. The van der Waals surface area contributed by atoms with Gasteiger partial charge in [0, 0.05) is 25.8 Å². The van der Waals surface area contributed by atoms with E-state index < -0.39 is 0 Å². The molecule has 106 valence electrons. The van der Waals surface area contributed by atoms with Crippen LogP contribution in [0, 0.1) is 12.8 Å². The van der Waals surface area contributed by atoms with Crippen molar-refractivity contribution in [2.24, 2.45) is 5.92 Å². The Balaban J connectivity index is 2.07. The third kappa shape index (κ3) is 4.20. The van der Waals surface area contributed by atoms with E-state index in [2.05, 4.69) is 37.1 Å². The highest BCUT2D eigenvalue weighted by atomic mass is 15.2. The number of hydrogen-bond acceptors (Lipinski definition) is 3. The lowest BCUT2D eigenvalue weighted by atomic mass is 10.2. The van der Waals surface area contributed by atoms with Gasteiger partial charge in [-0.3, -0.25) is 0 Å². The van der Waals surface area contributed by atoms with Gasteiger partial charge < -0.3 is 10.2 Å². The van der Waals surface area contributed by atoms with Crippen molar-refractivity contribution in [3.05, 3.63) is 23.4 Å². The maximum atomic E-state index is 4.72. The van der Waals surface area contributed by atoms with Gasteiger partial charge in [-0.15, -0.1) is 0 Å². The minimum absolute atomic E-state index is 0.911. The molecule has 1 aliphatic rings. The van der Waals surface area contributed by atoms with Gasteiger partial charge in [-0.05, 0) is 55.8 Å². The summed E-state index contributed by atoms with van der Waals surface area (Å²) in [5.74, 6) is 2.10. The highest BCUT2D eigenvalue weighted by molar-refractivity contribution is 5.47. The Morgan fingerprint density at radius 3 is 2.74 bits per heavy atom. The highest BCUT2D eigenvalue weighted by Crippen LogP contribution is 2.31. The Morgan fingerprint density at radius 2 is 2.16 bits per heavy atom. The molecule has 0 bridgehead atoms. The zero-order valence-electron chi connectivity index (χ0n) is 12.6. The number of nitrogens with one attached hydrogen (secondary N) is 1. The Hall–Kier alpha value is -1.09. The molecular formula is C16H27N3. The molecule has 1 heterocycles. The van der Waals surface area contributed by atoms with E-state index in [1.165, 1.54) is 42.8 Å². The van der Waals surface area contributed by atoms with E-state index in [1.54, 1.807) is 0 Å². The van der Waals surface area contributed by atoms with Crippen molar-refractivity contribution < 1.29 is 0 Å². The van der Waals surface area contributed by atoms with Gasteiger partial charge in [0.25, 0.3) is 0 Å². The van der Waals surface area contributed by atoms with Crippen LogP contribution < -0.4 is 10.2 Å². The third-order valence-electron chi connectivity index (χ3n) is 3.65. The molecule has 1 aliphatic carbocycles. The van der Waals surface area contributed by atoms with Crippen molar-refractivity contribution in [1.82, 2.24) is 10.3 Å². The fourth-order valence-corrected chi connectivity index (χ4v) is 2.49. The van der Waals surface area contributed by atoms with Gasteiger partial charge >= 0.3 is 0 Å². The fraction of sp³-hybridized carbons (Fsp3) is 0.688. The van der Waals surface area contributed by atoms with Gasteiger partial charge in [-0.2, -0.15) is 0 Å². The maximum absolute atomic E-state index is 4.72. The van der Waals surface area contributed by atoms with Gasteiger partial charge in [0.1, 0.15) is 5.82 Å². The molecule has 0 aliphatic heterocycles. The number of anilines is 1. The van der Waals surface area contributed by atoms with Crippen molar-refractivity contribution >= 4 is 5.82 Å². The average Bonchev–Trinajstić information content (AvgIpc) is 3.20. The molecule has 1 aromatic rings. The molecule has 1 fully saturated rings. The van der Waals surface area contributed by atoms with Crippen LogP contribution in [0.25, 0.3) is 0 Å². The van der Waals surface area contributed by atoms with Crippen LogP contribution in [-0.4, -0.2) is 24.6 Å². The number of aromatic nitrogens is 1. The van der Waals surface area contributed by atoms with Crippen LogP contribution in [-0.2, 0) is 6.54 Å². The van der Waals surface area contributed by atoms with Gasteiger partial charge in [0.05, 0.1) is 0 Å². The van der Waals surface area contributed by atoms with E-state index in [9.17, 15) is 0 Å². The Labute approximate surface area is 117 Å². The normalized spacial score (nSPS) is 14.7. The molecule has 0 atom stereocenters. The van der Waals surface area contributed by atoms with Crippen molar-refractivity contribution in [2.45, 2.75) is 46.6 Å². The van der Waals surface area contributed by atoms with E-state index in [0.29, 0.717) is 0 Å². The lowest BCUT2D eigenvalue weighted by Crippen LogP contribution is -2.28. The van der Waals surface area contributed by atoms with E-state index in [1.807, 2.05) is 6.20 Å². The second-order valence-electron chi connectivity index (χ2n) is 5.65. The maximum Gasteiger partial charge on any atom is 0.131 e. The highest BCUT2D eigenvalue weighted by Gasteiger charge is 2.25. The minimum atomic E-state index is 0.911. The van der Waals surface area contributed by atoms with Crippen LogP contribution in [0.5, 0.6) is 0 Å². The van der Waals surface area contributed by atoms with E-state index >= 15 is 0 Å². The number of hydrogen-bond donors (Lipinski definition) is 1. The molecule has 19 heavy (non-hydrogen) atoms. The second kappa shape index (κ2) is 6.90. The Morgan fingerprint density at radius 1 is 1.37 bits per heavy atom. The minimum Gasteiger partial charge on any atom is -0.356 e. The quantitative estimate of drug-likeness (QED) is 0.779. The van der Waals surface area contributed by atoms with Gasteiger partial charge in [-0.25, -0.2) is 4.98 Å². The summed E-state index contributed by atoms with van der Waals surface area (Å²) in [6, 6.07) is 2.28. The molecule has 0 unspecified atom stereocenters. The zero-order chi connectivity index (χ0) is 13.7. The van der Waals surface area contributed by atoms with Crippen LogP contribution >= 0.6 is 0 Å². The van der Waals surface area contributed by atoms with Crippen molar-refractivity contribution in [3.8, 4) is 0 Å². The van der Waals surface area contributed by atoms with Gasteiger partial charge in [-0.1, -0.05) is 13.8 Å². The van der Waals surface area contributed by atoms with Crippen LogP contribution in [0.2, 0.25) is 0 Å². The second-order valence-corrected chi connectivity index (χ2v) is 5.65. The van der Waals surface area contributed by atoms with Gasteiger partial charge in [0.15, 0.2) is 0 Å². The van der Waals surface area contributed by atoms with E-state index in [-0.39, 0.29) is 0 Å². The molecule has 1 aromatic heterocycles. The molecule has 1 saturated carbocycles. The summed E-state index contributed by atoms with van der Waals surface area (Å²) in [5.41, 5.74) is 2.59. The predicted octanol–water partition coefficient (Wildman–Crippen LogP) is 3.13. The third-order valence-corrected chi connectivity index (χ3v) is 3.65. The predicted molar refractivity (Wildman–Crippen MR) is 81.6 cm³/mol. The lowest BCUT2D eigenvalue weighted by Gasteiger charge is -2.25. The first kappa shape index (κ1) is 14.3. The standard InChI is InChI=1S/C16H27N3/c1-4-8-19(12-14-6-7-14)16-13(3)9-15(11-18-16)10-17-5-2/h9,11,14,17H,4-8,10,12H2,1-3H3. The van der Waals surface area contributed by atoms with E-state index in [0.717, 1.165) is 25.6 Å². The largest absolute Gasteiger partial charge is 0.356 e. The lowest BCUT2D eigenvalue weighted by molar-refractivity contribution is 0.693. The first-order valence-electron chi connectivity index (χ1n) is 7.65. The molecule has 0 radical (unpaired) electrons. The van der Waals surface area contributed by atoms with Crippen LogP contribution in [0.4, 0.5) is 5.82 Å². The summed E-state index contributed by atoms with van der Waals surface area (Å²) in [6.07, 6.45) is 6.02. The number of aryl methyl sites for hydroxylation is 1. The average molecular weight is 261 g/mol. The monoisotopic (exact) mass is 261 g/mol. The van der Waals surface area contributed by atoms with Crippen LogP contribution in [0.1, 0.15) is 44.2 Å². The van der Waals surface area contributed by atoms with Crippen LogP contribution in [0.15, 0.2) is 12.3 Å². The summed E-state index contributed by atoms with van der Waals surface area (Å²) < 4.78 is 0. The number of nitrogens with zero attached hydrogens (tertiary/aromatic N) is 2. The number of rotatable bonds is 8. The molecule has 0 aromatic carbocycles. The smallest absolute Gasteiger partial charge is 0.131 e. The first-order valence-corrected chi connectivity index (χ1v) is 7.65. The molecule has 2 rings (SSSR count). The molecule has 3 nitrogen and oxygen atoms in total. The van der Waals surface area contributed by atoms with Crippen molar-refractivity contribution in [1.29, 1.82) is 0 Å². The molecule has 1 N–H and O–H groups in total. The Kier molecular flexibility index (Phi) is 5.20. The van der Waals surface area contributed by atoms with Crippen molar-refractivity contribution in [2.75, 3.05) is 24.5 Å². The summed E-state index contributed by atoms with van der Waals surface area (Å²) in [5, 5.41) is 3.35. The van der Waals surface area contributed by atoms with Gasteiger partial charge in [0.2, 0.25) is 0 Å². The molecule has 3 heteroatoms. The van der Waals surface area contributed by atoms with Crippen LogP contribution in [0.3, 0.4) is 0 Å². The molecule has 0 saturated heterocycles. The van der Waals surface area contributed by atoms with Crippen molar-refractivity contribution in [3.63, 3.8) is 0 Å². The zero-order valence-corrected chi connectivity index (χ0v) is 12.6. The summed E-state index contributed by atoms with van der Waals surface area (Å²) in [7, 11) is 0. The van der Waals surface area contributed by atoms with E-state index in [4.69, 9.17) is 4.98 Å². The molecule has 0 spiro atoms. The fourth-order valence-electron chi connectivity index (χ4n) is 2.49. The summed E-state index contributed by atoms with van der Waals surface area (Å²) in [4.78, 5) is 7.19. The Bertz CT molecular complexity index is 399. The summed E-state index contributed by atoms with van der Waals surface area (Å²) in [6.45, 7) is 10.8. The topological polar surface area (TPSA) is 28.2 Å². The SMILES string of the molecule is CCCN(CC1CC1)c1ncc(CNCC)cc1C. The summed E-state index contributed by atoms with van der Waals surface area (Å²) >= 11 is 0. The first-order chi connectivity index (χ1) is 9.24.